The lowest BCUT2D eigenvalue weighted by molar-refractivity contribution is -0.159. The Labute approximate surface area is 112 Å². The van der Waals surface area contributed by atoms with E-state index in [0.717, 1.165) is 5.69 Å². The summed E-state index contributed by atoms with van der Waals surface area (Å²) in [6, 6.07) is 8.14. The maximum absolute atomic E-state index is 11.9. The van der Waals surface area contributed by atoms with E-state index in [2.05, 4.69) is 15.2 Å². The average Bonchev–Trinajstić information content (AvgIpc) is 2.90. The third-order valence-electron chi connectivity index (χ3n) is 2.25. The van der Waals surface area contributed by atoms with Crippen LogP contribution in [0.25, 0.3) is 5.69 Å². The van der Waals surface area contributed by atoms with E-state index in [4.69, 9.17) is 0 Å². The molecule has 0 atom stereocenters. The van der Waals surface area contributed by atoms with Gasteiger partial charge in [-0.2, -0.15) is 18.3 Å². The number of hydrogen-bond acceptors (Lipinski definition) is 3. The molecule has 1 aromatic carbocycles. The summed E-state index contributed by atoms with van der Waals surface area (Å²) in [6.45, 7) is -1.62. The predicted molar refractivity (Wildman–Crippen MR) is 64.6 cm³/mol. The number of alkyl halides is 3. The summed E-state index contributed by atoms with van der Waals surface area (Å²) in [5.41, 5.74) is 1.08. The zero-order valence-electron chi connectivity index (χ0n) is 10.1. The molecule has 0 spiro atoms. The fraction of sp³-hybridized carbons (Fsp3) is 0.167. The second-order valence-electron chi connectivity index (χ2n) is 3.81. The van der Waals surface area contributed by atoms with Crippen LogP contribution in [0.4, 0.5) is 23.7 Å². The SMILES string of the molecule is O=C(Nc1ccc(-n2cccn2)cc1)OCC(F)(F)F. The van der Waals surface area contributed by atoms with E-state index in [0.29, 0.717) is 5.69 Å². The quantitative estimate of drug-likeness (QED) is 0.943. The normalized spacial score (nSPS) is 11.2. The maximum Gasteiger partial charge on any atom is 0.422 e. The Morgan fingerprint density at radius 1 is 1.30 bits per heavy atom. The average molecular weight is 285 g/mol. The van der Waals surface area contributed by atoms with Gasteiger partial charge in [-0.25, -0.2) is 9.48 Å². The molecule has 1 heterocycles. The number of carbonyl (C=O) groups excluding carboxylic acids is 1. The number of nitrogens with zero attached hydrogens (tertiary/aromatic N) is 2. The first-order valence-corrected chi connectivity index (χ1v) is 5.55. The van der Waals surface area contributed by atoms with Crippen molar-refractivity contribution in [1.82, 2.24) is 9.78 Å². The summed E-state index contributed by atoms with van der Waals surface area (Å²) in [6.07, 6.45) is -2.35. The Morgan fingerprint density at radius 2 is 2.00 bits per heavy atom. The fourth-order valence-corrected chi connectivity index (χ4v) is 1.42. The van der Waals surface area contributed by atoms with Crippen LogP contribution in [0.3, 0.4) is 0 Å². The number of halogens is 3. The van der Waals surface area contributed by atoms with Gasteiger partial charge in [0.15, 0.2) is 6.61 Å². The van der Waals surface area contributed by atoms with Crippen LogP contribution in [0, 0.1) is 0 Å². The van der Waals surface area contributed by atoms with Crippen molar-refractivity contribution in [2.24, 2.45) is 0 Å². The summed E-state index contributed by atoms with van der Waals surface area (Å²) in [4.78, 5) is 11.1. The number of anilines is 1. The first-order chi connectivity index (χ1) is 9.44. The first kappa shape index (κ1) is 13.9. The van der Waals surface area contributed by atoms with Crippen LogP contribution in [0.2, 0.25) is 0 Å². The highest BCUT2D eigenvalue weighted by Crippen LogP contribution is 2.16. The lowest BCUT2D eigenvalue weighted by Gasteiger charge is -2.09. The van der Waals surface area contributed by atoms with Crippen LogP contribution in [0.1, 0.15) is 0 Å². The van der Waals surface area contributed by atoms with E-state index in [1.807, 2.05) is 0 Å². The molecule has 0 bridgehead atoms. The second kappa shape index (κ2) is 5.64. The van der Waals surface area contributed by atoms with Gasteiger partial charge in [-0.3, -0.25) is 5.32 Å². The topological polar surface area (TPSA) is 56.2 Å². The fourth-order valence-electron chi connectivity index (χ4n) is 1.42. The standard InChI is InChI=1S/C12H10F3N3O2/c13-12(14,15)8-20-11(19)17-9-2-4-10(5-3-9)18-7-1-6-16-18/h1-7H,8H2,(H,17,19). The third kappa shape index (κ3) is 4.01. The Morgan fingerprint density at radius 3 is 2.55 bits per heavy atom. The Balaban J connectivity index is 1.92. The monoisotopic (exact) mass is 285 g/mol. The Hall–Kier alpha value is -2.51. The van der Waals surface area contributed by atoms with Crippen molar-refractivity contribution in [3.8, 4) is 5.69 Å². The number of carbonyl (C=O) groups is 1. The molecule has 106 valence electrons. The molecule has 0 fully saturated rings. The molecule has 8 heteroatoms. The van der Waals surface area contributed by atoms with Crippen LogP contribution in [-0.2, 0) is 4.74 Å². The summed E-state index contributed by atoms with van der Waals surface area (Å²) in [7, 11) is 0. The molecule has 0 aliphatic rings. The van der Waals surface area contributed by atoms with Crippen LogP contribution in [-0.4, -0.2) is 28.7 Å². The molecule has 1 amide bonds. The first-order valence-electron chi connectivity index (χ1n) is 5.55. The van der Waals surface area contributed by atoms with Crippen molar-refractivity contribution in [2.45, 2.75) is 6.18 Å². The van der Waals surface area contributed by atoms with E-state index in [1.165, 1.54) is 12.1 Å². The zero-order valence-corrected chi connectivity index (χ0v) is 10.1. The number of aromatic nitrogens is 2. The maximum atomic E-state index is 11.9. The molecule has 20 heavy (non-hydrogen) atoms. The predicted octanol–water partition coefficient (Wildman–Crippen LogP) is 2.98. The van der Waals surface area contributed by atoms with E-state index < -0.39 is 18.9 Å². The van der Waals surface area contributed by atoms with Gasteiger partial charge in [-0.15, -0.1) is 0 Å². The van der Waals surface area contributed by atoms with Crippen molar-refractivity contribution in [2.75, 3.05) is 11.9 Å². The van der Waals surface area contributed by atoms with Crippen LogP contribution in [0.15, 0.2) is 42.7 Å². The van der Waals surface area contributed by atoms with E-state index in [9.17, 15) is 18.0 Å². The summed E-state index contributed by atoms with van der Waals surface area (Å²) in [5.74, 6) is 0. The molecule has 0 radical (unpaired) electrons. The Bertz CT molecular complexity index is 565. The van der Waals surface area contributed by atoms with Gasteiger partial charge >= 0.3 is 12.3 Å². The second-order valence-corrected chi connectivity index (χ2v) is 3.81. The molecule has 0 aliphatic carbocycles. The van der Waals surface area contributed by atoms with Gasteiger partial charge in [0.05, 0.1) is 5.69 Å². The molecule has 0 unspecified atom stereocenters. The van der Waals surface area contributed by atoms with E-state index >= 15 is 0 Å². The molecule has 0 aliphatic heterocycles. The van der Waals surface area contributed by atoms with E-state index in [1.54, 1.807) is 35.3 Å². The number of nitrogens with one attached hydrogen (secondary N) is 1. The van der Waals surface area contributed by atoms with Gasteiger partial charge in [0.1, 0.15) is 0 Å². The van der Waals surface area contributed by atoms with Gasteiger partial charge in [-0.1, -0.05) is 0 Å². The molecular weight excluding hydrogens is 275 g/mol. The van der Waals surface area contributed by atoms with Crippen molar-refractivity contribution >= 4 is 11.8 Å². The third-order valence-corrected chi connectivity index (χ3v) is 2.25. The van der Waals surface area contributed by atoms with Crippen LogP contribution in [0.5, 0.6) is 0 Å². The minimum atomic E-state index is -4.54. The number of ether oxygens (including phenoxy) is 1. The minimum Gasteiger partial charge on any atom is -0.440 e. The molecular formula is C12H10F3N3O2. The largest absolute Gasteiger partial charge is 0.440 e. The van der Waals surface area contributed by atoms with Crippen molar-refractivity contribution in [1.29, 1.82) is 0 Å². The number of amides is 1. The molecule has 0 saturated carbocycles. The van der Waals surface area contributed by atoms with Gasteiger partial charge < -0.3 is 4.74 Å². The molecule has 2 aromatic rings. The molecule has 2 rings (SSSR count). The summed E-state index contributed by atoms with van der Waals surface area (Å²) >= 11 is 0. The highest BCUT2D eigenvalue weighted by Gasteiger charge is 2.29. The summed E-state index contributed by atoms with van der Waals surface area (Å²) < 4.78 is 41.2. The summed E-state index contributed by atoms with van der Waals surface area (Å²) in [5, 5.41) is 6.21. The number of hydrogen-bond donors (Lipinski definition) is 1. The van der Waals surface area contributed by atoms with Crippen LogP contribution < -0.4 is 5.32 Å². The lowest BCUT2D eigenvalue weighted by Crippen LogP contribution is -2.23. The Kier molecular flexibility index (Phi) is 3.92. The van der Waals surface area contributed by atoms with E-state index in [-0.39, 0.29) is 0 Å². The van der Waals surface area contributed by atoms with Gasteiger partial charge in [0, 0.05) is 18.1 Å². The molecule has 1 aromatic heterocycles. The highest BCUT2D eigenvalue weighted by atomic mass is 19.4. The van der Waals surface area contributed by atoms with Crippen molar-refractivity contribution in [3.63, 3.8) is 0 Å². The van der Waals surface area contributed by atoms with Gasteiger partial charge in [-0.05, 0) is 30.3 Å². The highest BCUT2D eigenvalue weighted by molar-refractivity contribution is 5.84. The smallest absolute Gasteiger partial charge is 0.422 e. The molecule has 5 nitrogen and oxygen atoms in total. The van der Waals surface area contributed by atoms with Crippen LogP contribution >= 0.6 is 0 Å². The molecule has 1 N–H and O–H groups in total. The number of benzene rings is 1. The zero-order chi connectivity index (χ0) is 14.6. The van der Waals surface area contributed by atoms with Gasteiger partial charge in [0.25, 0.3) is 0 Å². The minimum absolute atomic E-state index is 0.327. The number of rotatable bonds is 3. The molecule has 0 saturated heterocycles. The van der Waals surface area contributed by atoms with Crippen molar-refractivity contribution in [3.05, 3.63) is 42.7 Å². The van der Waals surface area contributed by atoms with Gasteiger partial charge in [0.2, 0.25) is 0 Å². The lowest BCUT2D eigenvalue weighted by atomic mass is 10.3. The van der Waals surface area contributed by atoms with Crippen molar-refractivity contribution < 1.29 is 22.7 Å².